The molecule has 2 aromatic carbocycles. The van der Waals surface area contributed by atoms with Gasteiger partial charge in [-0.3, -0.25) is 14.0 Å². The van der Waals surface area contributed by atoms with E-state index in [0.29, 0.717) is 6.54 Å². The average molecular weight is 381 g/mol. The van der Waals surface area contributed by atoms with E-state index >= 15 is 0 Å². The van der Waals surface area contributed by atoms with Crippen molar-refractivity contribution >= 4 is 11.0 Å². The van der Waals surface area contributed by atoms with Crippen LogP contribution in [0.4, 0.5) is 0 Å². The first-order chi connectivity index (χ1) is 13.3. The number of β-amino-alcohol motifs (C(OH)–C–C–N with tert-alkyl or cyclic N) is 1. The van der Waals surface area contributed by atoms with Crippen LogP contribution in [0.3, 0.4) is 0 Å². The lowest BCUT2D eigenvalue weighted by molar-refractivity contribution is -0.0992. The number of hydrogen-bond acceptors (Lipinski definition) is 4. The molecule has 0 saturated carbocycles. The smallest absolute Gasteiger partial charge is 0.328 e. The number of aromatic nitrogens is 2. The standard InChI is InChI=1S/C22H27N3O3/c1-22(27)15-25(12-11-20(22)28-17-7-5-4-6-8-17)14-16-9-10-18-19(13-16)24(3)21(26)23(18)2/h4-10,13,20,27H,11-12,14-15H2,1-3H3/t20-,22-/m0/s1. The molecule has 1 saturated heterocycles. The number of piperidine rings is 1. The maximum Gasteiger partial charge on any atom is 0.328 e. The lowest BCUT2D eigenvalue weighted by Gasteiger charge is -2.42. The van der Waals surface area contributed by atoms with Gasteiger partial charge in [0.25, 0.3) is 0 Å². The van der Waals surface area contributed by atoms with Crippen molar-refractivity contribution in [1.29, 1.82) is 0 Å². The molecule has 148 valence electrons. The molecule has 0 amide bonds. The molecule has 1 aromatic heterocycles. The molecule has 0 spiro atoms. The number of hydrogen-bond donors (Lipinski definition) is 1. The van der Waals surface area contributed by atoms with E-state index < -0.39 is 5.60 Å². The van der Waals surface area contributed by atoms with E-state index in [2.05, 4.69) is 17.0 Å². The van der Waals surface area contributed by atoms with Crippen LogP contribution in [-0.2, 0) is 20.6 Å². The van der Waals surface area contributed by atoms with Crippen LogP contribution in [-0.4, -0.2) is 43.9 Å². The van der Waals surface area contributed by atoms with Crippen LogP contribution in [0.1, 0.15) is 18.9 Å². The Morgan fingerprint density at radius 3 is 2.54 bits per heavy atom. The highest BCUT2D eigenvalue weighted by Crippen LogP contribution is 2.27. The Kier molecular flexibility index (Phi) is 4.77. The van der Waals surface area contributed by atoms with Gasteiger partial charge in [0.05, 0.1) is 11.0 Å². The van der Waals surface area contributed by atoms with E-state index in [1.165, 1.54) is 0 Å². The van der Waals surface area contributed by atoms with Gasteiger partial charge in [-0.05, 0) is 43.2 Å². The van der Waals surface area contributed by atoms with Crippen LogP contribution in [0.15, 0.2) is 53.3 Å². The average Bonchev–Trinajstić information content (AvgIpc) is 2.88. The van der Waals surface area contributed by atoms with Crippen LogP contribution < -0.4 is 10.4 Å². The fraction of sp³-hybridized carbons (Fsp3) is 0.409. The predicted octanol–water partition coefficient (Wildman–Crippen LogP) is 2.28. The summed E-state index contributed by atoms with van der Waals surface area (Å²) in [5.41, 5.74) is 2.04. The molecule has 1 N–H and O–H groups in total. The summed E-state index contributed by atoms with van der Waals surface area (Å²) in [6.07, 6.45) is 0.525. The van der Waals surface area contributed by atoms with Crippen LogP contribution in [0.5, 0.6) is 5.75 Å². The van der Waals surface area contributed by atoms with Crippen molar-refractivity contribution < 1.29 is 9.84 Å². The second-order valence-electron chi connectivity index (χ2n) is 8.00. The van der Waals surface area contributed by atoms with E-state index in [-0.39, 0.29) is 11.8 Å². The number of rotatable bonds is 4. The van der Waals surface area contributed by atoms with E-state index in [0.717, 1.165) is 41.9 Å². The maximum atomic E-state index is 12.1. The Morgan fingerprint density at radius 2 is 1.82 bits per heavy atom. The number of para-hydroxylation sites is 1. The lowest BCUT2D eigenvalue weighted by Crippen LogP contribution is -2.56. The number of aryl methyl sites for hydroxylation is 2. The number of imidazole rings is 1. The van der Waals surface area contributed by atoms with Gasteiger partial charge >= 0.3 is 5.69 Å². The van der Waals surface area contributed by atoms with Gasteiger partial charge in [0.15, 0.2) is 0 Å². The van der Waals surface area contributed by atoms with Crippen molar-refractivity contribution in [2.24, 2.45) is 14.1 Å². The molecular formula is C22H27N3O3. The first kappa shape index (κ1) is 18.8. The molecule has 1 aliphatic heterocycles. The van der Waals surface area contributed by atoms with Gasteiger partial charge in [-0.25, -0.2) is 4.79 Å². The largest absolute Gasteiger partial charge is 0.487 e. The number of aliphatic hydroxyl groups is 1. The summed E-state index contributed by atoms with van der Waals surface area (Å²) in [4.78, 5) is 14.4. The minimum absolute atomic E-state index is 0.0195. The van der Waals surface area contributed by atoms with Crippen molar-refractivity contribution in [2.45, 2.75) is 31.6 Å². The SMILES string of the molecule is Cn1c(=O)n(C)c2cc(CN3CC[C@H](Oc4ccccc4)[C@@](C)(O)C3)ccc21. The van der Waals surface area contributed by atoms with Crippen LogP contribution >= 0.6 is 0 Å². The maximum absolute atomic E-state index is 12.1. The van der Waals surface area contributed by atoms with Crippen molar-refractivity contribution in [3.8, 4) is 5.75 Å². The number of benzene rings is 2. The topological polar surface area (TPSA) is 59.6 Å². The molecule has 6 heteroatoms. The first-order valence-corrected chi connectivity index (χ1v) is 9.66. The minimum atomic E-state index is -0.933. The summed E-state index contributed by atoms with van der Waals surface area (Å²) >= 11 is 0. The molecule has 0 radical (unpaired) electrons. The zero-order chi connectivity index (χ0) is 19.9. The summed E-state index contributed by atoms with van der Waals surface area (Å²) < 4.78 is 9.38. The number of ether oxygens (including phenoxy) is 1. The Morgan fingerprint density at radius 1 is 1.11 bits per heavy atom. The molecule has 0 aliphatic carbocycles. The zero-order valence-corrected chi connectivity index (χ0v) is 16.6. The molecule has 3 aromatic rings. The highest BCUT2D eigenvalue weighted by Gasteiger charge is 2.39. The summed E-state index contributed by atoms with van der Waals surface area (Å²) in [6.45, 7) is 3.96. The molecule has 28 heavy (non-hydrogen) atoms. The van der Waals surface area contributed by atoms with E-state index in [1.807, 2.05) is 43.3 Å². The van der Waals surface area contributed by atoms with Crippen LogP contribution in [0.2, 0.25) is 0 Å². The van der Waals surface area contributed by atoms with Crippen LogP contribution in [0, 0.1) is 0 Å². The normalized spacial score (nSPS) is 23.2. The molecule has 0 unspecified atom stereocenters. The quantitative estimate of drug-likeness (QED) is 0.753. The highest BCUT2D eigenvalue weighted by molar-refractivity contribution is 5.76. The summed E-state index contributed by atoms with van der Waals surface area (Å²) in [7, 11) is 3.59. The van der Waals surface area contributed by atoms with Gasteiger partial charge in [0.1, 0.15) is 17.5 Å². The fourth-order valence-corrected chi connectivity index (χ4v) is 4.14. The third-order valence-electron chi connectivity index (χ3n) is 5.71. The van der Waals surface area contributed by atoms with Crippen molar-refractivity contribution in [3.05, 3.63) is 64.6 Å². The van der Waals surface area contributed by atoms with E-state index in [4.69, 9.17) is 4.74 Å². The van der Waals surface area contributed by atoms with Crippen molar-refractivity contribution in [2.75, 3.05) is 13.1 Å². The van der Waals surface area contributed by atoms with Crippen LogP contribution in [0.25, 0.3) is 11.0 Å². The first-order valence-electron chi connectivity index (χ1n) is 9.66. The lowest BCUT2D eigenvalue weighted by atomic mass is 9.91. The third-order valence-corrected chi connectivity index (χ3v) is 5.71. The predicted molar refractivity (Wildman–Crippen MR) is 110 cm³/mol. The fourth-order valence-electron chi connectivity index (χ4n) is 4.14. The molecule has 1 fully saturated rings. The molecule has 1 aliphatic rings. The van der Waals surface area contributed by atoms with Gasteiger partial charge in [0, 0.05) is 33.7 Å². The van der Waals surface area contributed by atoms with Crippen molar-refractivity contribution in [1.82, 2.24) is 14.0 Å². The Bertz CT molecular complexity index is 1040. The number of fused-ring (bicyclic) bond motifs is 1. The third kappa shape index (κ3) is 3.45. The zero-order valence-electron chi connectivity index (χ0n) is 16.6. The van der Waals surface area contributed by atoms with Gasteiger partial charge in [-0.2, -0.15) is 0 Å². The number of nitrogens with zero attached hydrogens (tertiary/aromatic N) is 3. The second kappa shape index (κ2) is 7.11. The van der Waals surface area contributed by atoms with Gasteiger partial charge < -0.3 is 9.84 Å². The summed E-state index contributed by atoms with van der Waals surface area (Å²) in [6, 6.07) is 15.8. The van der Waals surface area contributed by atoms with E-state index in [9.17, 15) is 9.90 Å². The van der Waals surface area contributed by atoms with Crippen molar-refractivity contribution in [3.63, 3.8) is 0 Å². The molecule has 2 atom stereocenters. The van der Waals surface area contributed by atoms with Gasteiger partial charge in [-0.1, -0.05) is 24.3 Å². The minimum Gasteiger partial charge on any atom is -0.487 e. The molecule has 4 rings (SSSR count). The molecule has 2 heterocycles. The Balaban J connectivity index is 1.47. The second-order valence-corrected chi connectivity index (χ2v) is 8.00. The number of likely N-dealkylation sites (tertiary alicyclic amines) is 1. The monoisotopic (exact) mass is 381 g/mol. The Hall–Kier alpha value is -2.57. The molecular weight excluding hydrogens is 354 g/mol. The van der Waals surface area contributed by atoms with Gasteiger partial charge in [0.2, 0.25) is 0 Å². The summed E-state index contributed by atoms with van der Waals surface area (Å²) in [5, 5.41) is 11.0. The highest BCUT2D eigenvalue weighted by atomic mass is 16.5. The van der Waals surface area contributed by atoms with Gasteiger partial charge in [-0.15, -0.1) is 0 Å². The van der Waals surface area contributed by atoms with E-state index in [1.54, 1.807) is 23.2 Å². The molecule has 6 nitrogen and oxygen atoms in total. The Labute approximate surface area is 164 Å². The molecule has 0 bridgehead atoms. The summed E-state index contributed by atoms with van der Waals surface area (Å²) in [5.74, 6) is 0.789.